The lowest BCUT2D eigenvalue weighted by molar-refractivity contribution is 0.0596. The average molecular weight is 475 g/mol. The lowest BCUT2D eigenvalue weighted by Gasteiger charge is -2.28. The van der Waals surface area contributed by atoms with E-state index in [2.05, 4.69) is 27.0 Å². The van der Waals surface area contributed by atoms with Gasteiger partial charge in [-0.1, -0.05) is 12.1 Å². The van der Waals surface area contributed by atoms with Gasteiger partial charge in [0.2, 0.25) is 5.88 Å². The Labute approximate surface area is 197 Å². The number of nitrogens with one attached hydrogen (secondary N) is 2. The molecule has 4 rings (SSSR count). The largest absolute Gasteiger partial charge is 0.493 e. The summed E-state index contributed by atoms with van der Waals surface area (Å²) in [5.74, 6) is 1.01. The van der Waals surface area contributed by atoms with Gasteiger partial charge in [0.05, 0.1) is 13.7 Å². The summed E-state index contributed by atoms with van der Waals surface area (Å²) in [6.45, 7) is 3.68. The SMILES string of the molecule is COC(=O)c1c(OCc2ccc3c(c2)OCC3)nsc1NC(=O)NCCC1CCN(C)CC1. The highest BCUT2D eigenvalue weighted by atomic mass is 32.1. The number of fused-ring (bicyclic) bond motifs is 1. The number of benzene rings is 1. The van der Waals surface area contributed by atoms with Crippen LogP contribution in [0.2, 0.25) is 0 Å². The minimum atomic E-state index is -0.613. The number of urea groups is 1. The van der Waals surface area contributed by atoms with Crippen molar-refractivity contribution in [1.29, 1.82) is 0 Å². The summed E-state index contributed by atoms with van der Waals surface area (Å²) in [5.41, 5.74) is 2.20. The van der Waals surface area contributed by atoms with Gasteiger partial charge in [0.1, 0.15) is 17.4 Å². The van der Waals surface area contributed by atoms with Gasteiger partial charge in [-0.3, -0.25) is 5.32 Å². The summed E-state index contributed by atoms with van der Waals surface area (Å²) >= 11 is 0.987. The summed E-state index contributed by atoms with van der Waals surface area (Å²) in [7, 11) is 3.42. The van der Waals surface area contributed by atoms with Crippen molar-refractivity contribution in [2.24, 2.45) is 5.92 Å². The molecule has 3 heterocycles. The van der Waals surface area contributed by atoms with Crippen LogP contribution in [0.15, 0.2) is 18.2 Å². The van der Waals surface area contributed by atoms with Gasteiger partial charge in [-0.15, -0.1) is 0 Å². The molecule has 2 aromatic rings. The van der Waals surface area contributed by atoms with E-state index in [4.69, 9.17) is 14.2 Å². The minimum absolute atomic E-state index is 0.116. The monoisotopic (exact) mass is 474 g/mol. The first-order valence-electron chi connectivity index (χ1n) is 11.2. The maximum atomic E-state index is 12.4. The number of esters is 1. The van der Waals surface area contributed by atoms with E-state index in [9.17, 15) is 9.59 Å². The second-order valence-corrected chi connectivity index (χ2v) is 9.20. The number of hydrogen-bond donors (Lipinski definition) is 2. The Morgan fingerprint density at radius 1 is 1.30 bits per heavy atom. The number of piperidine rings is 1. The third kappa shape index (κ3) is 5.94. The normalized spacial score (nSPS) is 16.1. The summed E-state index contributed by atoms with van der Waals surface area (Å²) in [6.07, 6.45) is 4.15. The van der Waals surface area contributed by atoms with Crippen LogP contribution < -0.4 is 20.1 Å². The summed E-state index contributed by atoms with van der Waals surface area (Å²) in [5, 5.41) is 5.89. The smallest absolute Gasteiger partial charge is 0.346 e. The molecule has 0 aliphatic carbocycles. The van der Waals surface area contributed by atoms with Crippen LogP contribution in [0.5, 0.6) is 11.6 Å². The van der Waals surface area contributed by atoms with Gasteiger partial charge in [0.15, 0.2) is 5.56 Å². The van der Waals surface area contributed by atoms with Crippen molar-refractivity contribution < 1.29 is 23.8 Å². The number of amides is 2. The molecule has 0 unspecified atom stereocenters. The Morgan fingerprint density at radius 2 is 2.12 bits per heavy atom. The maximum absolute atomic E-state index is 12.4. The van der Waals surface area contributed by atoms with E-state index in [0.29, 0.717) is 24.1 Å². The first-order valence-corrected chi connectivity index (χ1v) is 12.0. The molecule has 0 spiro atoms. The molecule has 1 fully saturated rings. The number of rotatable bonds is 8. The molecule has 0 saturated carbocycles. The highest BCUT2D eigenvalue weighted by Crippen LogP contribution is 2.32. The lowest BCUT2D eigenvalue weighted by Crippen LogP contribution is -2.34. The quantitative estimate of drug-likeness (QED) is 0.566. The van der Waals surface area contributed by atoms with E-state index in [1.807, 2.05) is 18.2 Å². The van der Waals surface area contributed by atoms with E-state index < -0.39 is 5.97 Å². The highest BCUT2D eigenvalue weighted by Gasteiger charge is 2.25. The van der Waals surface area contributed by atoms with Gasteiger partial charge in [-0.2, -0.15) is 4.37 Å². The number of aromatic nitrogens is 1. The van der Waals surface area contributed by atoms with E-state index >= 15 is 0 Å². The van der Waals surface area contributed by atoms with E-state index in [1.54, 1.807) is 0 Å². The number of hydrogen-bond acceptors (Lipinski definition) is 8. The lowest BCUT2D eigenvalue weighted by atomic mass is 9.94. The van der Waals surface area contributed by atoms with Crippen molar-refractivity contribution in [2.75, 3.05) is 45.7 Å². The van der Waals surface area contributed by atoms with Crippen LogP contribution in [-0.2, 0) is 17.8 Å². The van der Waals surface area contributed by atoms with Crippen LogP contribution in [0.25, 0.3) is 0 Å². The van der Waals surface area contributed by atoms with Crippen LogP contribution in [0, 0.1) is 5.92 Å². The Kier molecular flexibility index (Phi) is 7.66. The van der Waals surface area contributed by atoms with E-state index in [1.165, 1.54) is 12.7 Å². The molecule has 2 aliphatic rings. The van der Waals surface area contributed by atoms with Gasteiger partial charge in [-0.05, 0) is 74.0 Å². The molecule has 2 N–H and O–H groups in total. The molecular weight excluding hydrogens is 444 g/mol. The van der Waals surface area contributed by atoms with Crippen LogP contribution >= 0.6 is 11.5 Å². The van der Waals surface area contributed by atoms with Crippen molar-refractivity contribution in [2.45, 2.75) is 32.3 Å². The number of likely N-dealkylation sites (tertiary alicyclic amines) is 1. The van der Waals surface area contributed by atoms with Gasteiger partial charge in [0.25, 0.3) is 0 Å². The highest BCUT2D eigenvalue weighted by molar-refractivity contribution is 7.11. The van der Waals surface area contributed by atoms with Crippen molar-refractivity contribution in [3.05, 3.63) is 34.9 Å². The van der Waals surface area contributed by atoms with Crippen molar-refractivity contribution in [3.8, 4) is 11.6 Å². The molecule has 0 atom stereocenters. The maximum Gasteiger partial charge on any atom is 0.346 e. The number of carbonyl (C=O) groups is 2. The predicted octanol–water partition coefficient (Wildman–Crippen LogP) is 3.30. The molecule has 1 saturated heterocycles. The zero-order valence-electron chi connectivity index (χ0n) is 19.0. The molecule has 2 amide bonds. The standard InChI is InChI=1S/C23H30N4O5S/c1-27-10-6-15(7-11-27)5-9-24-23(29)25-21-19(22(28)30-2)20(26-33-21)32-14-16-3-4-17-8-12-31-18(17)13-16/h3-4,13,15H,5-12,14H2,1-2H3,(H2,24,25,29). The molecular formula is C23H30N4O5S. The fourth-order valence-electron chi connectivity index (χ4n) is 4.08. The minimum Gasteiger partial charge on any atom is -0.493 e. The average Bonchev–Trinajstić information content (AvgIpc) is 3.45. The molecule has 1 aromatic heterocycles. The Morgan fingerprint density at radius 3 is 2.91 bits per heavy atom. The van der Waals surface area contributed by atoms with Crippen LogP contribution in [0.3, 0.4) is 0 Å². The van der Waals surface area contributed by atoms with Crippen molar-refractivity contribution >= 4 is 28.5 Å². The molecule has 9 nitrogen and oxygen atoms in total. The van der Waals surface area contributed by atoms with Gasteiger partial charge < -0.3 is 24.4 Å². The molecule has 10 heteroatoms. The van der Waals surface area contributed by atoms with E-state index in [0.717, 1.165) is 61.6 Å². The van der Waals surface area contributed by atoms with Gasteiger partial charge in [0, 0.05) is 13.0 Å². The number of anilines is 1. The van der Waals surface area contributed by atoms with Crippen LogP contribution in [0.4, 0.5) is 9.80 Å². The zero-order valence-corrected chi connectivity index (χ0v) is 19.8. The van der Waals surface area contributed by atoms with Gasteiger partial charge in [-0.25, -0.2) is 9.59 Å². The van der Waals surface area contributed by atoms with Crippen LogP contribution in [0.1, 0.15) is 40.7 Å². The number of ether oxygens (including phenoxy) is 3. The second kappa shape index (κ2) is 10.8. The van der Waals surface area contributed by atoms with Gasteiger partial charge >= 0.3 is 12.0 Å². The fourth-order valence-corrected chi connectivity index (χ4v) is 4.80. The summed E-state index contributed by atoms with van der Waals surface area (Å²) in [4.78, 5) is 27.1. The molecule has 2 aliphatic heterocycles. The third-order valence-corrected chi connectivity index (χ3v) is 6.84. The van der Waals surface area contributed by atoms with Crippen LogP contribution in [-0.4, -0.2) is 61.7 Å². The first kappa shape index (κ1) is 23.3. The predicted molar refractivity (Wildman–Crippen MR) is 125 cm³/mol. The zero-order chi connectivity index (χ0) is 23.2. The third-order valence-electron chi connectivity index (χ3n) is 6.09. The molecule has 0 radical (unpaired) electrons. The molecule has 33 heavy (non-hydrogen) atoms. The Hall–Kier alpha value is -2.85. The number of methoxy groups -OCH3 is 1. The summed E-state index contributed by atoms with van der Waals surface area (Å²) < 4.78 is 20.5. The topological polar surface area (TPSA) is 102 Å². The van der Waals surface area contributed by atoms with Crippen molar-refractivity contribution in [1.82, 2.24) is 14.6 Å². The second-order valence-electron chi connectivity index (χ2n) is 8.43. The Bertz CT molecular complexity index is 987. The fraction of sp³-hybridized carbons (Fsp3) is 0.522. The van der Waals surface area contributed by atoms with Crippen molar-refractivity contribution in [3.63, 3.8) is 0 Å². The molecule has 0 bridgehead atoms. The number of carbonyl (C=O) groups excluding carboxylic acids is 2. The van der Waals surface area contributed by atoms with E-state index in [-0.39, 0.29) is 24.1 Å². The molecule has 1 aromatic carbocycles. The Balaban J connectivity index is 1.33. The molecule has 178 valence electrons. The summed E-state index contributed by atoms with van der Waals surface area (Å²) in [6, 6.07) is 5.55. The first-order chi connectivity index (χ1) is 16.0. The number of nitrogens with zero attached hydrogens (tertiary/aromatic N) is 2.